The van der Waals surface area contributed by atoms with Gasteiger partial charge in [-0.05, 0) is 73.8 Å². The number of thiazole rings is 1. The Morgan fingerprint density at radius 2 is 1.89 bits per heavy atom. The van der Waals surface area contributed by atoms with E-state index in [0.717, 1.165) is 24.3 Å². The molecule has 2 aromatic rings. The summed E-state index contributed by atoms with van der Waals surface area (Å²) in [6.45, 7) is 0.807. The second-order valence-corrected chi connectivity index (χ2v) is 9.80. The molecule has 0 spiro atoms. The van der Waals surface area contributed by atoms with Crippen LogP contribution >= 0.6 is 11.3 Å². The summed E-state index contributed by atoms with van der Waals surface area (Å²) in [7, 11) is 0. The molecule has 0 unspecified atom stereocenters. The van der Waals surface area contributed by atoms with Crippen LogP contribution in [0, 0.1) is 23.2 Å². The van der Waals surface area contributed by atoms with Crippen molar-refractivity contribution in [1.29, 1.82) is 0 Å². The van der Waals surface area contributed by atoms with Crippen LogP contribution < -0.4 is 10.6 Å². The standard InChI is InChI=1S/C21H25N3O3S/c25-18(22-12-21-8-13-4-14(9-21)6-15(5-13)10-21)7-16-11-28-20(23-16)24-19(26)17-2-1-3-27-17/h1-3,11,13-15H,4-10,12H2,(H,22,25)(H,23,24,26). The fraction of sp³-hybridized carbons (Fsp3) is 0.571. The summed E-state index contributed by atoms with van der Waals surface area (Å²) in [6.07, 6.45) is 9.82. The van der Waals surface area contributed by atoms with Gasteiger partial charge >= 0.3 is 0 Å². The van der Waals surface area contributed by atoms with Gasteiger partial charge in [-0.3, -0.25) is 14.9 Å². The van der Waals surface area contributed by atoms with Crippen LogP contribution in [0.15, 0.2) is 28.2 Å². The molecule has 6 rings (SSSR count). The Morgan fingerprint density at radius 1 is 1.18 bits per heavy atom. The van der Waals surface area contributed by atoms with Crippen molar-refractivity contribution in [1.82, 2.24) is 10.3 Å². The Morgan fingerprint density at radius 3 is 2.54 bits per heavy atom. The number of anilines is 1. The molecular weight excluding hydrogens is 374 g/mol. The van der Waals surface area contributed by atoms with E-state index >= 15 is 0 Å². The molecule has 28 heavy (non-hydrogen) atoms. The summed E-state index contributed by atoms with van der Waals surface area (Å²) in [5.41, 5.74) is 1.03. The highest BCUT2D eigenvalue weighted by atomic mass is 32.1. The molecule has 0 aromatic carbocycles. The summed E-state index contributed by atoms with van der Waals surface area (Å²) in [5, 5.41) is 8.18. The minimum absolute atomic E-state index is 0.0185. The molecule has 4 saturated carbocycles. The van der Waals surface area contributed by atoms with Crippen LogP contribution in [0.5, 0.6) is 0 Å². The maximum absolute atomic E-state index is 12.5. The van der Waals surface area contributed by atoms with Gasteiger partial charge in [-0.2, -0.15) is 0 Å². The average Bonchev–Trinajstić information content (AvgIpc) is 3.31. The third-order valence-electron chi connectivity index (χ3n) is 6.68. The van der Waals surface area contributed by atoms with Crippen LogP contribution in [0.2, 0.25) is 0 Å². The zero-order valence-corrected chi connectivity index (χ0v) is 16.6. The minimum atomic E-state index is -0.336. The van der Waals surface area contributed by atoms with E-state index < -0.39 is 0 Å². The summed E-state index contributed by atoms with van der Waals surface area (Å²) >= 11 is 1.32. The van der Waals surface area contributed by atoms with E-state index in [1.807, 2.05) is 5.38 Å². The molecule has 0 radical (unpaired) electrons. The fourth-order valence-corrected chi connectivity index (χ4v) is 6.74. The van der Waals surface area contributed by atoms with Gasteiger partial charge in [0.1, 0.15) is 0 Å². The molecule has 6 nitrogen and oxygen atoms in total. The van der Waals surface area contributed by atoms with Crippen molar-refractivity contribution in [2.75, 3.05) is 11.9 Å². The van der Waals surface area contributed by atoms with Crippen molar-refractivity contribution in [3.63, 3.8) is 0 Å². The number of hydrogen-bond acceptors (Lipinski definition) is 5. The Bertz CT molecular complexity index is 838. The lowest BCUT2D eigenvalue weighted by molar-refractivity contribution is -0.122. The number of rotatable bonds is 6. The molecule has 7 heteroatoms. The van der Waals surface area contributed by atoms with Gasteiger partial charge in [-0.25, -0.2) is 4.98 Å². The highest BCUT2D eigenvalue weighted by Gasteiger charge is 2.50. The van der Waals surface area contributed by atoms with E-state index in [1.54, 1.807) is 12.1 Å². The summed E-state index contributed by atoms with van der Waals surface area (Å²) in [5.74, 6) is 2.60. The first-order chi connectivity index (χ1) is 13.6. The van der Waals surface area contributed by atoms with Crippen LogP contribution in [-0.2, 0) is 11.2 Å². The predicted molar refractivity (Wildman–Crippen MR) is 106 cm³/mol. The Labute approximate surface area is 168 Å². The molecule has 4 aliphatic carbocycles. The number of nitrogens with one attached hydrogen (secondary N) is 2. The molecular formula is C21H25N3O3S. The van der Waals surface area contributed by atoms with Gasteiger partial charge in [-0.15, -0.1) is 11.3 Å². The zero-order valence-electron chi connectivity index (χ0n) is 15.8. The third-order valence-corrected chi connectivity index (χ3v) is 7.49. The first-order valence-corrected chi connectivity index (χ1v) is 11.0. The molecule has 4 fully saturated rings. The van der Waals surface area contributed by atoms with Crippen LogP contribution in [0.3, 0.4) is 0 Å². The lowest BCUT2D eigenvalue weighted by Crippen LogP contribution is -2.51. The van der Waals surface area contributed by atoms with Gasteiger partial charge in [-0.1, -0.05) is 0 Å². The number of nitrogens with zero attached hydrogens (tertiary/aromatic N) is 1. The number of hydrogen-bond donors (Lipinski definition) is 2. The van der Waals surface area contributed by atoms with Crippen molar-refractivity contribution in [3.05, 3.63) is 35.2 Å². The number of amides is 2. The van der Waals surface area contributed by atoms with Crippen molar-refractivity contribution in [2.45, 2.75) is 44.9 Å². The van der Waals surface area contributed by atoms with Crippen molar-refractivity contribution in [3.8, 4) is 0 Å². The molecule has 0 saturated heterocycles. The smallest absolute Gasteiger partial charge is 0.293 e. The maximum Gasteiger partial charge on any atom is 0.293 e. The Hall–Kier alpha value is -2.15. The number of carbonyl (C=O) groups is 2. The largest absolute Gasteiger partial charge is 0.459 e. The summed E-state index contributed by atoms with van der Waals surface area (Å²) < 4.78 is 5.07. The number of aromatic nitrogens is 1. The van der Waals surface area contributed by atoms with E-state index in [0.29, 0.717) is 16.2 Å². The molecule has 2 aromatic heterocycles. The van der Waals surface area contributed by atoms with Crippen LogP contribution in [0.1, 0.15) is 54.8 Å². The average molecular weight is 400 g/mol. The highest BCUT2D eigenvalue weighted by Crippen LogP contribution is 2.59. The first kappa shape index (κ1) is 17.9. The van der Waals surface area contributed by atoms with E-state index in [1.165, 1.54) is 56.1 Å². The molecule has 4 bridgehead atoms. The van der Waals surface area contributed by atoms with Gasteiger partial charge in [0.05, 0.1) is 18.4 Å². The Balaban J connectivity index is 1.14. The van der Waals surface area contributed by atoms with Gasteiger partial charge < -0.3 is 9.73 Å². The molecule has 0 aliphatic heterocycles. The van der Waals surface area contributed by atoms with Crippen LogP contribution in [0.4, 0.5) is 5.13 Å². The lowest BCUT2D eigenvalue weighted by atomic mass is 9.49. The van der Waals surface area contributed by atoms with E-state index in [2.05, 4.69) is 15.6 Å². The van der Waals surface area contributed by atoms with E-state index in [9.17, 15) is 9.59 Å². The highest BCUT2D eigenvalue weighted by molar-refractivity contribution is 7.14. The van der Waals surface area contributed by atoms with Gasteiger partial charge in [0.25, 0.3) is 5.91 Å². The molecule has 4 aliphatic rings. The quantitative estimate of drug-likeness (QED) is 0.772. The number of carbonyl (C=O) groups excluding carboxylic acids is 2. The monoisotopic (exact) mass is 399 g/mol. The summed E-state index contributed by atoms with van der Waals surface area (Å²) in [4.78, 5) is 28.8. The Kier molecular flexibility index (Phi) is 4.50. The SMILES string of the molecule is O=C(Cc1csc(NC(=O)c2ccco2)n1)NCC12CC3CC(CC(C3)C1)C2. The minimum Gasteiger partial charge on any atom is -0.459 e. The molecule has 2 amide bonds. The van der Waals surface area contributed by atoms with Crippen LogP contribution in [-0.4, -0.2) is 23.3 Å². The fourth-order valence-electron chi connectivity index (χ4n) is 6.03. The second kappa shape index (κ2) is 7.03. The summed E-state index contributed by atoms with van der Waals surface area (Å²) in [6, 6.07) is 3.26. The van der Waals surface area contributed by atoms with Crippen molar-refractivity contribution < 1.29 is 14.0 Å². The number of furan rings is 1. The van der Waals surface area contributed by atoms with Crippen molar-refractivity contribution in [2.24, 2.45) is 23.2 Å². The molecule has 2 N–H and O–H groups in total. The second-order valence-electron chi connectivity index (χ2n) is 8.95. The van der Waals surface area contributed by atoms with E-state index in [-0.39, 0.29) is 24.0 Å². The maximum atomic E-state index is 12.5. The first-order valence-electron chi connectivity index (χ1n) is 10.1. The predicted octanol–water partition coefficient (Wildman–Crippen LogP) is 3.86. The molecule has 2 heterocycles. The molecule has 0 atom stereocenters. The molecule has 148 valence electrons. The van der Waals surface area contributed by atoms with Gasteiger partial charge in [0, 0.05) is 11.9 Å². The van der Waals surface area contributed by atoms with Crippen LogP contribution in [0.25, 0.3) is 0 Å². The van der Waals surface area contributed by atoms with Gasteiger partial charge in [0.15, 0.2) is 10.9 Å². The van der Waals surface area contributed by atoms with Crippen molar-refractivity contribution >= 4 is 28.3 Å². The van der Waals surface area contributed by atoms with Gasteiger partial charge in [0.2, 0.25) is 5.91 Å². The topological polar surface area (TPSA) is 84.2 Å². The normalized spacial score (nSPS) is 30.4. The lowest BCUT2D eigenvalue weighted by Gasteiger charge is -2.56. The third kappa shape index (κ3) is 3.60. The zero-order chi connectivity index (χ0) is 19.1. The van der Waals surface area contributed by atoms with E-state index in [4.69, 9.17) is 4.42 Å².